The zero-order valence-corrected chi connectivity index (χ0v) is 11.8. The highest BCUT2D eigenvalue weighted by atomic mass is 79.9. The van der Waals surface area contributed by atoms with E-state index in [1.165, 1.54) is 0 Å². The monoisotopic (exact) mass is 311 g/mol. The lowest BCUT2D eigenvalue weighted by atomic mass is 10.2. The number of hydrogen-bond acceptors (Lipinski definition) is 5. The summed E-state index contributed by atoms with van der Waals surface area (Å²) in [5.74, 6) is 1.87. The van der Waals surface area contributed by atoms with Crippen molar-refractivity contribution in [3.05, 3.63) is 28.5 Å². The van der Waals surface area contributed by atoms with Gasteiger partial charge in [0.2, 0.25) is 0 Å². The van der Waals surface area contributed by atoms with Gasteiger partial charge in [0.05, 0.1) is 19.2 Å². The van der Waals surface area contributed by atoms with Gasteiger partial charge >= 0.3 is 0 Å². The Morgan fingerprint density at radius 3 is 3.00 bits per heavy atom. The molecule has 2 rings (SSSR count). The molecule has 1 aromatic heterocycles. The lowest BCUT2D eigenvalue weighted by Gasteiger charge is -2.02. The molecule has 0 aliphatic carbocycles. The van der Waals surface area contributed by atoms with Gasteiger partial charge in [-0.1, -0.05) is 12.1 Å². The van der Waals surface area contributed by atoms with Crippen LogP contribution >= 0.6 is 15.9 Å². The lowest BCUT2D eigenvalue weighted by Crippen LogP contribution is -2.12. The third kappa shape index (κ3) is 2.88. The fourth-order valence-corrected chi connectivity index (χ4v) is 1.88. The molecule has 0 saturated heterocycles. The maximum absolute atomic E-state index is 5.24. The fourth-order valence-electron chi connectivity index (χ4n) is 1.47. The minimum absolute atomic E-state index is 0.480. The highest BCUT2D eigenvalue weighted by Gasteiger charge is 2.12. The van der Waals surface area contributed by atoms with Crippen LogP contribution in [0.25, 0.3) is 11.5 Å². The van der Waals surface area contributed by atoms with Gasteiger partial charge in [0, 0.05) is 4.47 Å². The molecule has 96 valence electrons. The highest BCUT2D eigenvalue weighted by molar-refractivity contribution is 9.10. The predicted molar refractivity (Wildman–Crippen MR) is 71.4 cm³/mol. The summed E-state index contributed by atoms with van der Waals surface area (Å²) in [5.41, 5.74) is 0.824. The number of nitrogens with one attached hydrogen (secondary N) is 1. The molecule has 0 aliphatic heterocycles. The number of rotatable bonds is 5. The SMILES string of the molecule is CCNCc1noc(-c2cc(OC)ccc2Br)n1. The molecule has 18 heavy (non-hydrogen) atoms. The van der Waals surface area contributed by atoms with Crippen LogP contribution in [-0.4, -0.2) is 23.8 Å². The van der Waals surface area contributed by atoms with Crippen molar-refractivity contribution < 1.29 is 9.26 Å². The van der Waals surface area contributed by atoms with Gasteiger partial charge in [-0.25, -0.2) is 0 Å². The van der Waals surface area contributed by atoms with E-state index in [1.54, 1.807) is 7.11 Å². The lowest BCUT2D eigenvalue weighted by molar-refractivity contribution is 0.411. The first-order chi connectivity index (χ1) is 8.74. The molecule has 2 aromatic rings. The first-order valence-electron chi connectivity index (χ1n) is 5.61. The Hall–Kier alpha value is -1.40. The molecule has 0 unspecified atom stereocenters. The number of ether oxygens (including phenoxy) is 1. The van der Waals surface area contributed by atoms with Crippen molar-refractivity contribution in [1.29, 1.82) is 0 Å². The molecular weight excluding hydrogens is 298 g/mol. The van der Waals surface area contributed by atoms with Crippen molar-refractivity contribution in [2.45, 2.75) is 13.5 Å². The molecule has 5 nitrogen and oxygen atoms in total. The number of methoxy groups -OCH3 is 1. The summed E-state index contributed by atoms with van der Waals surface area (Å²) in [5, 5.41) is 7.06. The largest absolute Gasteiger partial charge is 0.497 e. The second-order valence-corrected chi connectivity index (χ2v) is 4.50. The van der Waals surface area contributed by atoms with Gasteiger partial charge in [0.1, 0.15) is 5.75 Å². The normalized spacial score (nSPS) is 10.6. The number of hydrogen-bond donors (Lipinski definition) is 1. The topological polar surface area (TPSA) is 60.2 Å². The van der Waals surface area contributed by atoms with Crippen LogP contribution in [0.1, 0.15) is 12.7 Å². The molecule has 1 N–H and O–H groups in total. The summed E-state index contributed by atoms with van der Waals surface area (Å²) in [6.07, 6.45) is 0. The van der Waals surface area contributed by atoms with E-state index in [4.69, 9.17) is 9.26 Å². The van der Waals surface area contributed by atoms with E-state index in [0.29, 0.717) is 18.3 Å². The van der Waals surface area contributed by atoms with Gasteiger partial charge in [-0.05, 0) is 40.7 Å². The Morgan fingerprint density at radius 2 is 2.28 bits per heavy atom. The van der Waals surface area contributed by atoms with E-state index in [-0.39, 0.29) is 0 Å². The van der Waals surface area contributed by atoms with Crippen LogP contribution in [0, 0.1) is 0 Å². The third-order valence-electron chi connectivity index (χ3n) is 2.41. The second-order valence-electron chi connectivity index (χ2n) is 3.64. The first-order valence-corrected chi connectivity index (χ1v) is 6.41. The van der Waals surface area contributed by atoms with Crippen molar-refractivity contribution in [1.82, 2.24) is 15.5 Å². The maximum Gasteiger partial charge on any atom is 0.259 e. The van der Waals surface area contributed by atoms with E-state index in [1.807, 2.05) is 25.1 Å². The molecule has 0 amide bonds. The summed E-state index contributed by atoms with van der Waals surface area (Å²) in [6.45, 7) is 3.49. The Morgan fingerprint density at radius 1 is 1.44 bits per heavy atom. The summed E-state index contributed by atoms with van der Waals surface area (Å²) in [4.78, 5) is 4.33. The van der Waals surface area contributed by atoms with Crippen LogP contribution in [0.15, 0.2) is 27.2 Å². The molecule has 0 radical (unpaired) electrons. The smallest absolute Gasteiger partial charge is 0.259 e. The molecule has 0 spiro atoms. The van der Waals surface area contributed by atoms with E-state index in [2.05, 4.69) is 31.4 Å². The van der Waals surface area contributed by atoms with E-state index < -0.39 is 0 Å². The van der Waals surface area contributed by atoms with Crippen molar-refractivity contribution in [3.63, 3.8) is 0 Å². The van der Waals surface area contributed by atoms with Crippen molar-refractivity contribution in [2.24, 2.45) is 0 Å². The van der Waals surface area contributed by atoms with Crippen molar-refractivity contribution in [3.8, 4) is 17.2 Å². The van der Waals surface area contributed by atoms with Crippen LogP contribution in [0.2, 0.25) is 0 Å². The zero-order valence-electron chi connectivity index (χ0n) is 10.2. The fraction of sp³-hybridized carbons (Fsp3) is 0.333. The molecule has 0 fully saturated rings. The summed E-state index contributed by atoms with van der Waals surface area (Å²) in [6, 6.07) is 5.61. The molecule has 1 heterocycles. The predicted octanol–water partition coefficient (Wildman–Crippen LogP) is 2.62. The Bertz CT molecular complexity index is 528. The zero-order chi connectivity index (χ0) is 13.0. The average molecular weight is 312 g/mol. The van der Waals surface area contributed by atoms with Crippen LogP contribution < -0.4 is 10.1 Å². The van der Waals surface area contributed by atoms with Crippen LogP contribution in [-0.2, 0) is 6.54 Å². The van der Waals surface area contributed by atoms with Gasteiger partial charge in [0.25, 0.3) is 5.89 Å². The maximum atomic E-state index is 5.24. The molecule has 6 heteroatoms. The van der Waals surface area contributed by atoms with Gasteiger partial charge < -0.3 is 14.6 Å². The van der Waals surface area contributed by atoms with Crippen molar-refractivity contribution >= 4 is 15.9 Å². The first kappa shape index (κ1) is 13.0. The Labute approximate surface area is 114 Å². The number of aromatic nitrogens is 2. The summed E-state index contributed by atoms with van der Waals surface area (Å²) in [7, 11) is 1.62. The Kier molecular flexibility index (Phi) is 4.33. The third-order valence-corrected chi connectivity index (χ3v) is 3.10. The van der Waals surface area contributed by atoms with Crippen LogP contribution in [0.4, 0.5) is 0 Å². The van der Waals surface area contributed by atoms with Crippen LogP contribution in [0.3, 0.4) is 0 Å². The average Bonchev–Trinajstić information content (AvgIpc) is 2.85. The van der Waals surface area contributed by atoms with Gasteiger partial charge in [-0.3, -0.25) is 0 Å². The quantitative estimate of drug-likeness (QED) is 0.919. The van der Waals surface area contributed by atoms with Gasteiger partial charge in [-0.15, -0.1) is 0 Å². The molecule has 0 bridgehead atoms. The summed E-state index contributed by atoms with van der Waals surface area (Å²) >= 11 is 3.46. The van der Waals surface area contributed by atoms with Crippen LogP contribution in [0.5, 0.6) is 5.75 Å². The second kappa shape index (κ2) is 5.97. The standard InChI is InChI=1S/C12H14BrN3O2/c1-3-14-7-11-15-12(18-16-11)9-6-8(17-2)4-5-10(9)13/h4-6,14H,3,7H2,1-2H3. The highest BCUT2D eigenvalue weighted by Crippen LogP contribution is 2.30. The molecule has 0 saturated carbocycles. The molecule has 0 atom stereocenters. The molecule has 0 aliphatic rings. The number of nitrogens with zero attached hydrogens (tertiary/aromatic N) is 2. The number of benzene rings is 1. The minimum atomic E-state index is 0.480. The summed E-state index contributed by atoms with van der Waals surface area (Å²) < 4.78 is 11.3. The van der Waals surface area contributed by atoms with E-state index in [0.717, 1.165) is 22.3 Å². The van der Waals surface area contributed by atoms with Gasteiger partial charge in [-0.2, -0.15) is 4.98 Å². The van der Waals surface area contributed by atoms with E-state index >= 15 is 0 Å². The number of halogens is 1. The minimum Gasteiger partial charge on any atom is -0.497 e. The van der Waals surface area contributed by atoms with E-state index in [9.17, 15) is 0 Å². The van der Waals surface area contributed by atoms with Crippen molar-refractivity contribution in [2.75, 3.05) is 13.7 Å². The molecular formula is C12H14BrN3O2. The van der Waals surface area contributed by atoms with Gasteiger partial charge in [0.15, 0.2) is 5.82 Å². The Balaban J connectivity index is 2.27. The molecule has 1 aromatic carbocycles.